The Kier molecular flexibility index (Phi) is 13.3. The molecule has 13 nitrogen and oxygen atoms in total. The molecule has 2 aliphatic heterocycles. The van der Waals surface area contributed by atoms with E-state index in [-0.39, 0.29) is 74.4 Å². The number of likely N-dealkylation sites (N-methyl/N-ethyl adjacent to an activating group) is 2. The highest BCUT2D eigenvalue weighted by Crippen LogP contribution is 2.37. The van der Waals surface area contributed by atoms with Crippen molar-refractivity contribution < 1.29 is 36.7 Å². The second-order valence-corrected chi connectivity index (χ2v) is 16.2. The Morgan fingerprint density at radius 3 is 2.05 bits per heavy atom. The van der Waals surface area contributed by atoms with Crippen molar-refractivity contribution in [2.75, 3.05) is 27.2 Å². The summed E-state index contributed by atoms with van der Waals surface area (Å²) in [6, 6.07) is 3.98. The van der Waals surface area contributed by atoms with Crippen molar-refractivity contribution in [3.63, 3.8) is 0 Å². The third-order valence-electron chi connectivity index (χ3n) is 11.8. The minimum Gasteiger partial charge on any atom is -0.352 e. The van der Waals surface area contributed by atoms with Crippen molar-refractivity contribution in [2.45, 2.75) is 115 Å². The van der Waals surface area contributed by atoms with Crippen LogP contribution in [0.25, 0.3) is 33.5 Å². The van der Waals surface area contributed by atoms with E-state index in [1.165, 1.54) is 34.1 Å². The second kappa shape index (κ2) is 18.1. The molecule has 320 valence electrons. The Morgan fingerprint density at radius 1 is 0.831 bits per heavy atom. The zero-order chi connectivity index (χ0) is 42.9. The first-order valence-electron chi connectivity index (χ1n) is 20.4. The molecule has 4 amide bonds. The van der Waals surface area contributed by atoms with Gasteiger partial charge in [0.05, 0.1) is 47.9 Å². The van der Waals surface area contributed by atoms with Crippen LogP contribution in [0.3, 0.4) is 0 Å². The molecule has 0 bridgehead atoms. The van der Waals surface area contributed by atoms with Gasteiger partial charge in [0.15, 0.2) is 5.82 Å². The molecule has 17 heteroatoms. The number of halogens is 4. The van der Waals surface area contributed by atoms with Gasteiger partial charge >= 0.3 is 0 Å². The Bertz CT molecular complexity index is 2190. The molecule has 0 aliphatic carbocycles. The zero-order valence-electron chi connectivity index (χ0n) is 34.5. The lowest BCUT2D eigenvalue weighted by Crippen LogP contribution is -2.55. The third kappa shape index (κ3) is 9.10. The van der Waals surface area contributed by atoms with E-state index in [0.29, 0.717) is 27.7 Å². The number of H-pyrrole nitrogens is 1. The smallest absolute Gasteiger partial charge is 0.245 e. The number of imidazole rings is 1. The van der Waals surface area contributed by atoms with Crippen LogP contribution in [0.1, 0.15) is 59.4 Å². The topological polar surface area (TPSA) is 156 Å². The first-order valence-corrected chi connectivity index (χ1v) is 20.4. The lowest BCUT2D eigenvalue weighted by atomic mass is 9.98. The molecule has 4 heterocycles. The average Bonchev–Trinajstić information content (AvgIpc) is 3.96. The van der Waals surface area contributed by atoms with Crippen LogP contribution in [0.2, 0.25) is 0 Å². The van der Waals surface area contributed by atoms with Gasteiger partial charge in [0, 0.05) is 42.4 Å². The quantitative estimate of drug-likeness (QED) is 0.113. The molecule has 2 aromatic carbocycles. The largest absolute Gasteiger partial charge is 0.352 e. The fourth-order valence-electron chi connectivity index (χ4n) is 8.25. The number of amides is 4. The number of hydrogen-bond donors (Lipinski definition) is 5. The highest BCUT2D eigenvalue weighted by atomic mass is 19.1. The maximum atomic E-state index is 15.4. The molecule has 2 fully saturated rings. The lowest BCUT2D eigenvalue weighted by Gasteiger charge is -2.31. The summed E-state index contributed by atoms with van der Waals surface area (Å²) in [6.45, 7) is 8.36. The normalized spacial score (nSPS) is 21.6. The van der Waals surface area contributed by atoms with Gasteiger partial charge in [-0.2, -0.15) is 0 Å². The number of fused-ring (bicyclic) bond motifs is 2. The van der Waals surface area contributed by atoms with Gasteiger partial charge in [0.1, 0.15) is 36.1 Å². The second-order valence-electron chi connectivity index (χ2n) is 16.2. The molecule has 4 aromatic rings. The van der Waals surface area contributed by atoms with Crippen molar-refractivity contribution in [1.29, 1.82) is 0 Å². The predicted octanol–water partition coefficient (Wildman–Crippen LogP) is 4.13. The van der Waals surface area contributed by atoms with Crippen LogP contribution in [-0.4, -0.2) is 124 Å². The van der Waals surface area contributed by atoms with Crippen LogP contribution in [0.4, 0.5) is 17.6 Å². The molecule has 0 spiro atoms. The van der Waals surface area contributed by atoms with Crippen LogP contribution in [0, 0.1) is 17.6 Å². The number of alkyl halides is 2. The Morgan fingerprint density at radius 2 is 1.42 bits per heavy atom. The number of aromatic amines is 1. The first-order chi connectivity index (χ1) is 28.0. The fourth-order valence-corrected chi connectivity index (χ4v) is 8.25. The summed E-state index contributed by atoms with van der Waals surface area (Å²) in [6.07, 6.45) is -2.32. The molecular formula is C42H55F4N9O4. The molecule has 6 rings (SSSR count). The lowest BCUT2D eigenvalue weighted by molar-refractivity contribution is -0.138. The number of nitrogens with one attached hydrogen (secondary N) is 5. The Balaban J connectivity index is 1.40. The molecule has 5 N–H and O–H groups in total. The van der Waals surface area contributed by atoms with Crippen molar-refractivity contribution in [2.24, 2.45) is 5.92 Å². The molecule has 2 saturated heterocycles. The monoisotopic (exact) mass is 825 g/mol. The van der Waals surface area contributed by atoms with Crippen molar-refractivity contribution >= 4 is 45.6 Å². The van der Waals surface area contributed by atoms with Crippen LogP contribution in [0.5, 0.6) is 0 Å². The molecule has 8 atom stereocenters. The van der Waals surface area contributed by atoms with Crippen molar-refractivity contribution in [1.82, 2.24) is 45.6 Å². The summed E-state index contributed by atoms with van der Waals surface area (Å²) >= 11 is 0. The molecule has 0 saturated carbocycles. The molecule has 2 aliphatic rings. The summed E-state index contributed by atoms with van der Waals surface area (Å²) in [4.78, 5) is 64.9. The van der Waals surface area contributed by atoms with Gasteiger partial charge < -0.3 is 40.6 Å². The molecule has 0 radical (unpaired) electrons. The minimum absolute atomic E-state index is 0.00557. The van der Waals surface area contributed by atoms with Crippen LogP contribution >= 0.6 is 0 Å². The summed E-state index contributed by atoms with van der Waals surface area (Å²) in [5, 5.41) is 11.9. The summed E-state index contributed by atoms with van der Waals surface area (Å²) in [7, 11) is 3.26. The van der Waals surface area contributed by atoms with Gasteiger partial charge in [-0.05, 0) is 82.6 Å². The fraction of sp³-hybridized carbons (Fsp3) is 0.548. The zero-order valence-corrected chi connectivity index (χ0v) is 34.5. The Hall–Kier alpha value is -5.03. The van der Waals surface area contributed by atoms with Gasteiger partial charge in [-0.15, -0.1) is 0 Å². The Labute approximate surface area is 341 Å². The highest BCUT2D eigenvalue weighted by molar-refractivity contribution is 5.93. The third-order valence-corrected chi connectivity index (χ3v) is 11.8. The van der Waals surface area contributed by atoms with Crippen molar-refractivity contribution in [3.8, 4) is 11.5 Å². The maximum Gasteiger partial charge on any atom is 0.245 e. The van der Waals surface area contributed by atoms with E-state index in [0.717, 1.165) is 0 Å². The highest BCUT2D eigenvalue weighted by Gasteiger charge is 2.42. The van der Waals surface area contributed by atoms with Crippen LogP contribution in [0.15, 0.2) is 36.4 Å². The van der Waals surface area contributed by atoms with E-state index >= 15 is 8.78 Å². The molecule has 2 aromatic heterocycles. The van der Waals surface area contributed by atoms with Gasteiger partial charge in [-0.3, -0.25) is 19.2 Å². The van der Waals surface area contributed by atoms with Gasteiger partial charge in [-0.1, -0.05) is 20.8 Å². The SMILES string of the molecule is CCC(NC(=O)C(C)NC)C(=O)N1CC(F)CC1Cn1c(-c2[nH]c3cc(F)ccc3c2CC2CC(F)CN2C(=O)C(NC(=O)C(C)NC)C(C)C)nc2cc(F)ccc21. The van der Waals surface area contributed by atoms with E-state index in [1.54, 1.807) is 65.4 Å². The van der Waals surface area contributed by atoms with Gasteiger partial charge in [-0.25, -0.2) is 22.5 Å². The number of benzene rings is 2. The number of likely N-dealkylation sites (tertiary alicyclic amines) is 2. The van der Waals surface area contributed by atoms with Crippen molar-refractivity contribution in [3.05, 3.63) is 53.6 Å². The summed E-state index contributed by atoms with van der Waals surface area (Å²) in [5.41, 5.74) is 2.16. The van der Waals surface area contributed by atoms with E-state index in [1.807, 2.05) is 0 Å². The predicted molar refractivity (Wildman–Crippen MR) is 217 cm³/mol. The van der Waals surface area contributed by atoms with E-state index in [2.05, 4.69) is 26.3 Å². The number of aromatic nitrogens is 3. The van der Waals surface area contributed by atoms with E-state index in [9.17, 15) is 28.0 Å². The van der Waals surface area contributed by atoms with Gasteiger partial charge in [0.2, 0.25) is 23.6 Å². The van der Waals surface area contributed by atoms with Crippen LogP contribution < -0.4 is 21.3 Å². The van der Waals surface area contributed by atoms with E-state index in [4.69, 9.17) is 4.98 Å². The number of hydrogen-bond acceptors (Lipinski definition) is 7. The standard InChI is InChI=1S/C42H55F4N9O4/c1-8-32(51-39(56)22(4)47-6)41(58)54-19-27(46)14-29(54)20-55-35-12-10-25(44)16-34(35)50-38(55)37-31(30-11-9-24(43)15-33(30)49-37)17-28-13-26(45)18-53(28)42(59)36(21(2)3)52-40(57)23(5)48-7/h9-12,15-16,21-23,26-29,32,36,47-49H,8,13-14,17-20H2,1-7H3,(H,51,56)(H,52,57). The minimum atomic E-state index is -1.35. The average molecular weight is 826 g/mol. The molecule has 59 heavy (non-hydrogen) atoms. The van der Waals surface area contributed by atoms with Crippen LogP contribution in [-0.2, 0) is 32.1 Å². The number of nitrogens with zero attached hydrogens (tertiary/aromatic N) is 4. The van der Waals surface area contributed by atoms with E-state index < -0.39 is 72.0 Å². The number of rotatable bonds is 15. The molecule has 8 unspecified atom stereocenters. The molecular weight excluding hydrogens is 771 g/mol. The summed E-state index contributed by atoms with van der Waals surface area (Å²) < 4.78 is 62.1. The summed E-state index contributed by atoms with van der Waals surface area (Å²) in [5.74, 6) is -2.69. The maximum absolute atomic E-state index is 15.4. The number of carbonyl (C=O) groups is 4. The number of carbonyl (C=O) groups excluding carboxylic acids is 4. The first kappa shape index (κ1) is 43.5. The van der Waals surface area contributed by atoms with Gasteiger partial charge in [0.25, 0.3) is 0 Å².